The molecule has 0 aromatic rings. The number of ether oxygens (including phenoxy) is 1. The lowest BCUT2D eigenvalue weighted by Gasteiger charge is -2.37. The number of ketones is 1. The molecule has 166 valence electrons. The number of amides is 1. The summed E-state index contributed by atoms with van der Waals surface area (Å²) in [5, 5.41) is 3.84. The van der Waals surface area contributed by atoms with Crippen molar-refractivity contribution in [2.75, 3.05) is 6.54 Å². The number of rotatable bonds is 12. The standard InChI is InChI=1S/C22H40N4O3/c1-18(27)12-10-8-6-5-7-9-11-17-26(21(28)29-22(2,3)4)20-15-13-19(14-16-20)24-25-23/h19-20H,5-17H2,1-4H3. The fourth-order valence-electron chi connectivity index (χ4n) is 3.84. The molecule has 7 heteroatoms. The van der Waals surface area contributed by atoms with Crippen molar-refractivity contribution in [1.29, 1.82) is 0 Å². The molecule has 1 saturated carbocycles. The molecule has 1 aliphatic rings. The van der Waals surface area contributed by atoms with Gasteiger partial charge in [-0.15, -0.1) is 0 Å². The first kappa shape index (κ1) is 25.3. The van der Waals surface area contributed by atoms with Gasteiger partial charge in [0.15, 0.2) is 0 Å². The quantitative estimate of drug-likeness (QED) is 0.158. The molecule has 1 amide bonds. The number of hydrogen-bond donors (Lipinski definition) is 0. The molecule has 0 unspecified atom stereocenters. The fraction of sp³-hybridized carbons (Fsp3) is 0.909. The largest absolute Gasteiger partial charge is 0.444 e. The van der Waals surface area contributed by atoms with Crippen molar-refractivity contribution in [3.05, 3.63) is 10.4 Å². The average Bonchev–Trinajstić information content (AvgIpc) is 2.63. The van der Waals surface area contributed by atoms with Crippen LogP contribution in [0.25, 0.3) is 10.4 Å². The molecule has 0 spiro atoms. The first-order valence-corrected chi connectivity index (χ1v) is 11.3. The predicted molar refractivity (Wildman–Crippen MR) is 116 cm³/mol. The van der Waals surface area contributed by atoms with Gasteiger partial charge in [-0.3, -0.25) is 0 Å². The van der Waals surface area contributed by atoms with Crippen molar-refractivity contribution in [2.24, 2.45) is 5.11 Å². The molecular formula is C22H40N4O3. The molecule has 0 aromatic carbocycles. The third-order valence-corrected chi connectivity index (χ3v) is 5.38. The van der Waals surface area contributed by atoms with Crippen molar-refractivity contribution in [2.45, 2.75) is 122 Å². The van der Waals surface area contributed by atoms with Crippen LogP contribution in [-0.4, -0.2) is 41.0 Å². The summed E-state index contributed by atoms with van der Waals surface area (Å²) >= 11 is 0. The van der Waals surface area contributed by atoms with Crippen molar-refractivity contribution in [1.82, 2.24) is 4.90 Å². The Morgan fingerprint density at radius 1 is 1.00 bits per heavy atom. The number of nitrogens with zero attached hydrogens (tertiary/aromatic N) is 4. The maximum Gasteiger partial charge on any atom is 0.410 e. The smallest absolute Gasteiger partial charge is 0.410 e. The van der Waals surface area contributed by atoms with Gasteiger partial charge < -0.3 is 14.4 Å². The van der Waals surface area contributed by atoms with E-state index in [-0.39, 0.29) is 24.0 Å². The zero-order valence-corrected chi connectivity index (χ0v) is 18.9. The summed E-state index contributed by atoms with van der Waals surface area (Å²) in [5.74, 6) is 0.278. The van der Waals surface area contributed by atoms with Gasteiger partial charge in [0.2, 0.25) is 0 Å². The number of hydrogen-bond acceptors (Lipinski definition) is 4. The Morgan fingerprint density at radius 3 is 2.07 bits per heavy atom. The molecule has 0 aromatic heterocycles. The third kappa shape index (κ3) is 11.7. The average molecular weight is 409 g/mol. The summed E-state index contributed by atoms with van der Waals surface area (Å²) in [6.07, 6.45) is 11.6. The second-order valence-electron chi connectivity index (χ2n) is 9.27. The molecule has 0 saturated heterocycles. The molecule has 0 aliphatic heterocycles. The van der Waals surface area contributed by atoms with Crippen LogP contribution in [0.3, 0.4) is 0 Å². The first-order chi connectivity index (χ1) is 13.7. The molecule has 0 atom stereocenters. The Morgan fingerprint density at radius 2 is 1.55 bits per heavy atom. The Hall–Kier alpha value is -1.75. The molecule has 29 heavy (non-hydrogen) atoms. The zero-order valence-electron chi connectivity index (χ0n) is 18.9. The molecule has 1 aliphatic carbocycles. The van der Waals surface area contributed by atoms with Crippen molar-refractivity contribution >= 4 is 11.9 Å². The number of carbonyl (C=O) groups is 2. The predicted octanol–water partition coefficient (Wildman–Crippen LogP) is 6.55. The number of Topliss-reactive ketones (excluding diaryl/α,β-unsaturated/α-hetero) is 1. The van der Waals surface area contributed by atoms with Crippen molar-refractivity contribution in [3.8, 4) is 0 Å². The Bertz CT molecular complexity index is 545. The lowest BCUT2D eigenvalue weighted by molar-refractivity contribution is -0.117. The summed E-state index contributed by atoms with van der Waals surface area (Å²) in [5.41, 5.74) is 8.12. The molecule has 7 nitrogen and oxygen atoms in total. The molecule has 0 heterocycles. The van der Waals surface area contributed by atoms with Gasteiger partial charge in [-0.05, 0) is 71.8 Å². The van der Waals surface area contributed by atoms with E-state index >= 15 is 0 Å². The molecular weight excluding hydrogens is 368 g/mol. The Labute approximate surface area is 176 Å². The summed E-state index contributed by atoms with van der Waals surface area (Å²) in [4.78, 5) is 28.5. The van der Waals surface area contributed by atoms with Crippen molar-refractivity contribution in [3.63, 3.8) is 0 Å². The van der Waals surface area contributed by atoms with Crippen LogP contribution in [0.4, 0.5) is 4.79 Å². The summed E-state index contributed by atoms with van der Waals surface area (Å²) < 4.78 is 5.65. The lowest BCUT2D eigenvalue weighted by atomic mass is 9.90. The molecule has 0 bridgehead atoms. The minimum atomic E-state index is -0.502. The highest BCUT2D eigenvalue weighted by atomic mass is 16.6. The van der Waals surface area contributed by atoms with Gasteiger partial charge in [0.25, 0.3) is 0 Å². The van der Waals surface area contributed by atoms with E-state index in [1.54, 1.807) is 6.92 Å². The van der Waals surface area contributed by atoms with E-state index < -0.39 is 5.60 Å². The minimum absolute atomic E-state index is 0.0553. The topological polar surface area (TPSA) is 95.4 Å². The van der Waals surface area contributed by atoms with E-state index in [9.17, 15) is 9.59 Å². The highest BCUT2D eigenvalue weighted by Gasteiger charge is 2.31. The number of azide groups is 1. The van der Waals surface area contributed by atoms with Crippen LogP contribution in [0.2, 0.25) is 0 Å². The zero-order chi connectivity index (χ0) is 21.7. The second-order valence-corrected chi connectivity index (χ2v) is 9.27. The molecule has 1 rings (SSSR count). The normalized spacial score (nSPS) is 19.3. The first-order valence-electron chi connectivity index (χ1n) is 11.3. The van der Waals surface area contributed by atoms with E-state index in [1.807, 2.05) is 25.7 Å². The van der Waals surface area contributed by atoms with Crippen LogP contribution in [0, 0.1) is 0 Å². The van der Waals surface area contributed by atoms with E-state index in [0.29, 0.717) is 6.42 Å². The van der Waals surface area contributed by atoms with Crippen LogP contribution in [0.5, 0.6) is 0 Å². The van der Waals surface area contributed by atoms with Gasteiger partial charge in [0.1, 0.15) is 11.4 Å². The highest BCUT2D eigenvalue weighted by molar-refractivity contribution is 5.75. The minimum Gasteiger partial charge on any atom is -0.444 e. The number of unbranched alkanes of at least 4 members (excludes halogenated alkanes) is 6. The van der Waals surface area contributed by atoms with Crippen LogP contribution < -0.4 is 0 Å². The summed E-state index contributed by atoms with van der Waals surface area (Å²) in [6.45, 7) is 8.06. The maximum atomic E-state index is 12.8. The van der Waals surface area contributed by atoms with Gasteiger partial charge in [-0.25, -0.2) is 4.79 Å². The second kappa shape index (κ2) is 13.5. The third-order valence-electron chi connectivity index (χ3n) is 5.38. The van der Waals surface area contributed by atoms with E-state index in [4.69, 9.17) is 10.3 Å². The molecule has 0 radical (unpaired) electrons. The Kier molecular flexibility index (Phi) is 11.7. The van der Waals surface area contributed by atoms with Crippen LogP contribution in [0.1, 0.15) is 105 Å². The van der Waals surface area contributed by atoms with Gasteiger partial charge in [-0.1, -0.05) is 37.2 Å². The van der Waals surface area contributed by atoms with Crippen LogP contribution in [0.15, 0.2) is 5.11 Å². The fourth-order valence-corrected chi connectivity index (χ4v) is 3.84. The monoisotopic (exact) mass is 408 g/mol. The molecule has 1 fully saturated rings. The van der Waals surface area contributed by atoms with Gasteiger partial charge >= 0.3 is 6.09 Å². The SMILES string of the molecule is CC(=O)CCCCCCCCCN(C(=O)OC(C)(C)C)C1CCC(N=[N+]=[N-])CC1. The molecule has 0 N–H and O–H groups in total. The number of carbonyl (C=O) groups excluding carboxylic acids is 2. The van der Waals surface area contributed by atoms with Crippen molar-refractivity contribution < 1.29 is 14.3 Å². The highest BCUT2D eigenvalue weighted by Crippen LogP contribution is 2.27. The van der Waals surface area contributed by atoms with Gasteiger partial charge in [0.05, 0.1) is 0 Å². The van der Waals surface area contributed by atoms with E-state index in [2.05, 4.69) is 10.0 Å². The van der Waals surface area contributed by atoms with Gasteiger partial charge in [-0.2, -0.15) is 0 Å². The lowest BCUT2D eigenvalue weighted by Crippen LogP contribution is -2.45. The summed E-state index contributed by atoms with van der Waals surface area (Å²) in [7, 11) is 0. The van der Waals surface area contributed by atoms with E-state index in [0.717, 1.165) is 64.3 Å². The van der Waals surface area contributed by atoms with Gasteiger partial charge in [0, 0.05) is 30.0 Å². The maximum absolute atomic E-state index is 12.8. The van der Waals surface area contributed by atoms with Crippen LogP contribution >= 0.6 is 0 Å². The summed E-state index contributed by atoms with van der Waals surface area (Å²) in [6, 6.07) is 0.223. The Balaban J connectivity index is 2.40. The van der Waals surface area contributed by atoms with Crippen LogP contribution in [-0.2, 0) is 9.53 Å². The van der Waals surface area contributed by atoms with E-state index in [1.165, 1.54) is 12.8 Å².